The molecule has 0 bridgehead atoms. The number of hydrogen-bond donors (Lipinski definition) is 4. The van der Waals surface area contributed by atoms with Gasteiger partial charge in [-0.15, -0.1) is 0 Å². The second kappa shape index (κ2) is 2.53. The number of aliphatic hydroxyl groups is 3. The number of rotatable bonds is 1. The van der Waals surface area contributed by atoms with E-state index in [0.29, 0.717) is 0 Å². The molecule has 0 aliphatic carbocycles. The zero-order valence-corrected chi connectivity index (χ0v) is 5.19. The van der Waals surface area contributed by atoms with Crippen LogP contribution in [0, 0.1) is 0 Å². The van der Waals surface area contributed by atoms with Gasteiger partial charge in [0.15, 0.2) is 6.10 Å². The molecular formula is C5H9NO4. The molecule has 0 aromatic carbocycles. The van der Waals surface area contributed by atoms with Crippen molar-refractivity contribution >= 4 is 5.91 Å². The van der Waals surface area contributed by atoms with Crippen LogP contribution < -0.4 is 5.32 Å². The highest BCUT2D eigenvalue weighted by molar-refractivity contribution is 5.84. The molecule has 4 N–H and O–H groups in total. The minimum atomic E-state index is -1.39. The second-order valence-corrected chi connectivity index (χ2v) is 2.23. The van der Waals surface area contributed by atoms with Gasteiger partial charge in [0.2, 0.25) is 0 Å². The van der Waals surface area contributed by atoms with Crippen molar-refractivity contribution in [3.63, 3.8) is 0 Å². The van der Waals surface area contributed by atoms with Crippen LogP contribution >= 0.6 is 0 Å². The fourth-order valence-electron chi connectivity index (χ4n) is 0.882. The molecule has 1 aliphatic rings. The minimum absolute atomic E-state index is 0.357. The van der Waals surface area contributed by atoms with Crippen molar-refractivity contribution in [1.82, 2.24) is 5.32 Å². The van der Waals surface area contributed by atoms with Crippen molar-refractivity contribution in [2.24, 2.45) is 0 Å². The lowest BCUT2D eigenvalue weighted by atomic mass is 10.1. The highest BCUT2D eigenvalue weighted by Crippen LogP contribution is 2.07. The first kappa shape index (κ1) is 7.46. The summed E-state index contributed by atoms with van der Waals surface area (Å²) in [5, 5.41) is 28.4. The molecule has 1 heterocycles. The summed E-state index contributed by atoms with van der Waals surface area (Å²) in [5.41, 5.74) is 0. The smallest absolute Gasteiger partial charge is 0.252 e. The lowest BCUT2D eigenvalue weighted by Crippen LogP contribution is -2.35. The van der Waals surface area contributed by atoms with Gasteiger partial charge in [-0.3, -0.25) is 4.79 Å². The van der Waals surface area contributed by atoms with E-state index in [-0.39, 0.29) is 6.61 Å². The van der Waals surface area contributed by atoms with E-state index in [9.17, 15) is 4.79 Å². The maximum Gasteiger partial charge on any atom is 0.252 e. The molecule has 0 saturated carbocycles. The molecule has 0 aromatic heterocycles. The van der Waals surface area contributed by atoms with Gasteiger partial charge >= 0.3 is 0 Å². The van der Waals surface area contributed by atoms with Gasteiger partial charge in [0.05, 0.1) is 12.6 Å². The van der Waals surface area contributed by atoms with Gasteiger partial charge in [0.1, 0.15) is 6.10 Å². The molecule has 0 spiro atoms. The van der Waals surface area contributed by atoms with E-state index in [0.717, 1.165) is 0 Å². The zero-order chi connectivity index (χ0) is 7.72. The fraction of sp³-hybridized carbons (Fsp3) is 0.800. The van der Waals surface area contributed by atoms with E-state index < -0.39 is 24.2 Å². The van der Waals surface area contributed by atoms with Crippen LogP contribution in [-0.2, 0) is 4.79 Å². The monoisotopic (exact) mass is 147 g/mol. The lowest BCUT2D eigenvalue weighted by Gasteiger charge is -2.10. The molecule has 3 atom stereocenters. The summed E-state index contributed by atoms with van der Waals surface area (Å²) in [6.07, 6.45) is -2.57. The van der Waals surface area contributed by atoms with Crippen molar-refractivity contribution in [1.29, 1.82) is 0 Å². The Labute approximate surface area is 57.3 Å². The van der Waals surface area contributed by atoms with Crippen molar-refractivity contribution in [3.05, 3.63) is 0 Å². The average molecular weight is 147 g/mol. The fourth-order valence-corrected chi connectivity index (χ4v) is 0.882. The largest absolute Gasteiger partial charge is 0.394 e. The standard InChI is InChI=1S/C5H9NO4/c7-1-2-3(8)4(9)5(10)6-2/h2-4,7-9H,1H2,(H,6,10)/t2-,3-,4+/m0/s1. The molecule has 1 saturated heterocycles. The van der Waals surface area contributed by atoms with E-state index in [2.05, 4.69) is 5.32 Å². The van der Waals surface area contributed by atoms with Crippen molar-refractivity contribution in [3.8, 4) is 0 Å². The summed E-state index contributed by atoms with van der Waals surface area (Å²) in [5.74, 6) is -0.633. The third-order valence-corrected chi connectivity index (χ3v) is 1.53. The zero-order valence-electron chi connectivity index (χ0n) is 5.19. The second-order valence-electron chi connectivity index (χ2n) is 2.23. The number of nitrogens with one attached hydrogen (secondary N) is 1. The molecule has 1 rings (SSSR count). The van der Waals surface area contributed by atoms with Crippen LogP contribution in [0.3, 0.4) is 0 Å². The van der Waals surface area contributed by atoms with Gasteiger partial charge in [-0.2, -0.15) is 0 Å². The molecule has 1 aliphatic heterocycles. The van der Waals surface area contributed by atoms with E-state index in [1.54, 1.807) is 0 Å². The predicted molar refractivity (Wildman–Crippen MR) is 31.0 cm³/mol. The van der Waals surface area contributed by atoms with Crippen LogP contribution in [0.4, 0.5) is 0 Å². The van der Waals surface area contributed by atoms with E-state index in [1.165, 1.54) is 0 Å². The Bertz CT molecular complexity index is 149. The molecule has 5 nitrogen and oxygen atoms in total. The molecule has 58 valence electrons. The van der Waals surface area contributed by atoms with Gasteiger partial charge in [0, 0.05) is 0 Å². The van der Waals surface area contributed by atoms with Gasteiger partial charge in [-0.05, 0) is 0 Å². The number of amides is 1. The number of carbonyl (C=O) groups excluding carboxylic acids is 1. The van der Waals surface area contributed by atoms with Crippen LogP contribution in [0.2, 0.25) is 0 Å². The van der Waals surface area contributed by atoms with Crippen molar-refractivity contribution in [2.45, 2.75) is 18.2 Å². The Morgan fingerprint density at radius 2 is 2.10 bits per heavy atom. The van der Waals surface area contributed by atoms with E-state index >= 15 is 0 Å². The summed E-state index contributed by atoms with van der Waals surface area (Å²) in [7, 11) is 0. The SMILES string of the molecule is O=C1N[C@@H](CO)[C@H](O)[C@H]1O. The predicted octanol–water partition coefficient (Wildman–Crippen LogP) is -2.80. The highest BCUT2D eigenvalue weighted by Gasteiger charge is 2.39. The molecule has 1 fully saturated rings. The first-order valence-electron chi connectivity index (χ1n) is 2.94. The summed E-state index contributed by atoms with van der Waals surface area (Å²) < 4.78 is 0. The van der Waals surface area contributed by atoms with E-state index in [1.807, 2.05) is 0 Å². The number of hydrogen-bond acceptors (Lipinski definition) is 4. The molecule has 0 aromatic rings. The third kappa shape index (κ3) is 0.985. The van der Waals surface area contributed by atoms with Crippen LogP contribution in [-0.4, -0.2) is 46.1 Å². The quantitative estimate of drug-likeness (QED) is 0.322. The summed E-state index contributed by atoms with van der Waals surface area (Å²) in [6, 6.07) is -0.720. The first-order valence-corrected chi connectivity index (χ1v) is 2.94. The summed E-state index contributed by atoms with van der Waals surface area (Å²) >= 11 is 0. The Balaban J connectivity index is 2.61. The van der Waals surface area contributed by atoms with Crippen LogP contribution in [0.15, 0.2) is 0 Å². The molecular weight excluding hydrogens is 138 g/mol. The third-order valence-electron chi connectivity index (χ3n) is 1.53. The van der Waals surface area contributed by atoms with Crippen LogP contribution in [0.1, 0.15) is 0 Å². The maximum absolute atomic E-state index is 10.5. The minimum Gasteiger partial charge on any atom is -0.394 e. The Morgan fingerprint density at radius 1 is 1.50 bits per heavy atom. The summed E-state index contributed by atoms with van der Waals surface area (Å²) in [6.45, 7) is -0.357. The topological polar surface area (TPSA) is 89.8 Å². The molecule has 0 unspecified atom stereocenters. The van der Waals surface area contributed by atoms with Gasteiger partial charge < -0.3 is 20.6 Å². The molecule has 0 radical (unpaired) electrons. The van der Waals surface area contributed by atoms with Gasteiger partial charge in [0.25, 0.3) is 5.91 Å². The van der Waals surface area contributed by atoms with E-state index in [4.69, 9.17) is 15.3 Å². The van der Waals surface area contributed by atoms with Crippen LogP contribution in [0.25, 0.3) is 0 Å². The average Bonchev–Trinajstić information content (AvgIpc) is 2.17. The number of aliphatic hydroxyl groups excluding tert-OH is 3. The van der Waals surface area contributed by atoms with Gasteiger partial charge in [-0.1, -0.05) is 0 Å². The maximum atomic E-state index is 10.5. The number of carbonyl (C=O) groups is 1. The molecule has 1 amide bonds. The highest BCUT2D eigenvalue weighted by atomic mass is 16.3. The molecule has 10 heavy (non-hydrogen) atoms. The summed E-state index contributed by atoms with van der Waals surface area (Å²) in [4.78, 5) is 10.5. The Kier molecular flexibility index (Phi) is 1.89. The van der Waals surface area contributed by atoms with Crippen LogP contribution in [0.5, 0.6) is 0 Å². The lowest BCUT2D eigenvalue weighted by molar-refractivity contribution is -0.128. The van der Waals surface area contributed by atoms with Crippen molar-refractivity contribution < 1.29 is 20.1 Å². The molecule has 5 heteroatoms. The Morgan fingerprint density at radius 3 is 2.30 bits per heavy atom. The first-order chi connectivity index (χ1) is 4.66. The van der Waals surface area contributed by atoms with Gasteiger partial charge in [-0.25, -0.2) is 0 Å². The van der Waals surface area contributed by atoms with Crippen molar-refractivity contribution in [2.75, 3.05) is 6.61 Å². The Hall–Kier alpha value is -0.650. The normalized spacial score (nSPS) is 39.9.